The molecule has 1 heterocycles. The van der Waals surface area contributed by atoms with Crippen molar-refractivity contribution in [3.05, 3.63) is 115 Å². The molecule has 0 saturated heterocycles. The molecule has 0 N–H and O–H groups in total. The molecule has 4 aromatic carbocycles. The molecule has 2 aliphatic rings. The fourth-order valence-electron chi connectivity index (χ4n) is 8.68. The fourth-order valence-corrected chi connectivity index (χ4v) is 8.68. The maximum absolute atomic E-state index is 6.97. The van der Waals surface area contributed by atoms with Crippen LogP contribution in [0.4, 0.5) is 0 Å². The molecule has 0 fully saturated rings. The van der Waals surface area contributed by atoms with Gasteiger partial charge in [-0.2, -0.15) is 0 Å². The molecular formula is C56H78O8. The van der Waals surface area contributed by atoms with E-state index in [2.05, 4.69) is 132 Å². The SMILES string of the molecule is COc1c2cc(C(C)(C)C)cc1Cc1cc(C(C)(C)C)cc3c1OCCOCCOCCOCCOCCOc1c(cc(C(C)(C)C)cc1Cc1cc(C(C)(C)C)cc(c1OC)C3)C2. The van der Waals surface area contributed by atoms with Gasteiger partial charge in [-0.25, -0.2) is 0 Å². The van der Waals surface area contributed by atoms with Crippen molar-refractivity contribution < 1.29 is 37.9 Å². The van der Waals surface area contributed by atoms with Gasteiger partial charge in [0.2, 0.25) is 0 Å². The summed E-state index contributed by atoms with van der Waals surface area (Å²) in [5.41, 5.74) is 13.5. The van der Waals surface area contributed by atoms with Crippen molar-refractivity contribution in [1.29, 1.82) is 0 Å². The second kappa shape index (κ2) is 20.6. The molecule has 0 amide bonds. The van der Waals surface area contributed by atoms with Gasteiger partial charge in [0.25, 0.3) is 0 Å². The normalized spacial score (nSPS) is 16.7. The zero-order valence-corrected chi connectivity index (χ0v) is 41.8. The Morgan fingerprint density at radius 1 is 0.312 bits per heavy atom. The van der Waals surface area contributed by atoms with Crippen LogP contribution < -0.4 is 18.9 Å². The van der Waals surface area contributed by atoms with E-state index in [1.54, 1.807) is 0 Å². The Labute approximate surface area is 385 Å². The Bertz CT molecular complexity index is 1950. The van der Waals surface area contributed by atoms with Gasteiger partial charge in [0.1, 0.15) is 36.2 Å². The Balaban J connectivity index is 1.71. The summed E-state index contributed by atoms with van der Waals surface area (Å²) in [4.78, 5) is 0. The number of ether oxygens (including phenoxy) is 8. The first-order valence-electron chi connectivity index (χ1n) is 23.5. The summed E-state index contributed by atoms with van der Waals surface area (Å²) in [6.45, 7) is 32.0. The van der Waals surface area contributed by atoms with Crippen molar-refractivity contribution in [2.75, 3.05) is 80.3 Å². The molecule has 0 saturated carbocycles. The van der Waals surface area contributed by atoms with E-state index in [0.717, 1.165) is 67.5 Å². The van der Waals surface area contributed by atoms with E-state index in [0.29, 0.717) is 91.8 Å². The molecule has 0 spiro atoms. The lowest BCUT2D eigenvalue weighted by molar-refractivity contribution is -0.00706. The molecule has 64 heavy (non-hydrogen) atoms. The van der Waals surface area contributed by atoms with Crippen molar-refractivity contribution in [1.82, 2.24) is 0 Å². The first-order chi connectivity index (χ1) is 30.2. The van der Waals surface area contributed by atoms with Crippen LogP contribution in [0.2, 0.25) is 0 Å². The summed E-state index contributed by atoms with van der Waals surface area (Å²) < 4.78 is 50.8. The largest absolute Gasteiger partial charge is 0.496 e. The van der Waals surface area contributed by atoms with Crippen molar-refractivity contribution in [3.8, 4) is 23.0 Å². The zero-order chi connectivity index (χ0) is 46.5. The second-order valence-electron chi connectivity index (χ2n) is 21.8. The summed E-state index contributed by atoms with van der Waals surface area (Å²) in [5.74, 6) is 3.55. The maximum Gasteiger partial charge on any atom is 0.126 e. The van der Waals surface area contributed by atoms with E-state index in [-0.39, 0.29) is 21.7 Å². The van der Waals surface area contributed by atoms with Crippen molar-refractivity contribution in [3.63, 3.8) is 0 Å². The Hall–Kier alpha value is -4.08. The summed E-state index contributed by atoms with van der Waals surface area (Å²) in [7, 11) is 3.62. The average molecular weight is 879 g/mol. The standard InChI is InChI=1S/C56H78O8/c1-53(2,3)45-29-37-25-41-33-47(55(7,8)9)35-43-27-39-31-46(54(4,5)6)32-40(50(39)58-14)28-44-36-48(56(10,11)12)34-42(26-38(30-45)49(37)57-13)52(44)64-24-22-62-20-18-60-16-15-59-17-19-61-21-23-63-51(41)43/h29-36H,15-28H2,1-14H3. The molecule has 1 aliphatic carbocycles. The lowest BCUT2D eigenvalue weighted by Gasteiger charge is -2.29. The van der Waals surface area contributed by atoms with E-state index in [9.17, 15) is 0 Å². The molecule has 0 aromatic heterocycles. The molecule has 4 aromatic rings. The van der Waals surface area contributed by atoms with Crippen molar-refractivity contribution >= 4 is 0 Å². The number of fused-ring (bicyclic) bond motifs is 2. The minimum atomic E-state index is -0.129. The summed E-state index contributed by atoms with van der Waals surface area (Å²) >= 11 is 0. The summed E-state index contributed by atoms with van der Waals surface area (Å²) in [6, 6.07) is 18.8. The monoisotopic (exact) mass is 879 g/mol. The van der Waals surface area contributed by atoms with Crippen LogP contribution in [0.3, 0.4) is 0 Å². The molecular weight excluding hydrogens is 801 g/mol. The van der Waals surface area contributed by atoms with Crippen LogP contribution in [0, 0.1) is 0 Å². The first-order valence-corrected chi connectivity index (χ1v) is 23.5. The van der Waals surface area contributed by atoms with Gasteiger partial charge in [-0.05, 0) is 88.4 Å². The zero-order valence-electron chi connectivity index (χ0n) is 41.8. The predicted octanol–water partition coefficient (Wildman–Crippen LogP) is 11.4. The number of rotatable bonds is 2. The molecule has 8 nitrogen and oxygen atoms in total. The van der Waals surface area contributed by atoms with E-state index < -0.39 is 0 Å². The number of methoxy groups -OCH3 is 2. The minimum absolute atomic E-state index is 0.125. The third-order valence-electron chi connectivity index (χ3n) is 12.4. The van der Waals surface area contributed by atoms with Crippen molar-refractivity contribution in [2.24, 2.45) is 0 Å². The molecule has 350 valence electrons. The quantitative estimate of drug-likeness (QED) is 0.174. The predicted molar refractivity (Wildman–Crippen MR) is 259 cm³/mol. The molecule has 8 heteroatoms. The average Bonchev–Trinajstić information content (AvgIpc) is 3.19. The van der Waals surface area contributed by atoms with Crippen LogP contribution in [0.25, 0.3) is 0 Å². The maximum atomic E-state index is 6.97. The van der Waals surface area contributed by atoms with E-state index in [1.165, 1.54) is 22.3 Å². The number of hydrogen-bond donors (Lipinski definition) is 0. The molecule has 10 bridgehead atoms. The number of hydrogen-bond acceptors (Lipinski definition) is 8. The van der Waals surface area contributed by atoms with Gasteiger partial charge in [0.05, 0.1) is 67.1 Å². The molecule has 0 unspecified atom stereocenters. The number of benzene rings is 4. The Kier molecular flexibility index (Phi) is 15.9. The highest BCUT2D eigenvalue weighted by atomic mass is 16.6. The van der Waals surface area contributed by atoms with Gasteiger partial charge < -0.3 is 37.9 Å². The second-order valence-corrected chi connectivity index (χ2v) is 21.8. The fraction of sp³-hybridized carbons (Fsp3) is 0.571. The topological polar surface area (TPSA) is 73.8 Å². The van der Waals surface area contributed by atoms with E-state index >= 15 is 0 Å². The highest BCUT2D eigenvalue weighted by Gasteiger charge is 2.29. The van der Waals surface area contributed by atoms with E-state index in [1.807, 2.05) is 14.2 Å². The van der Waals surface area contributed by atoms with Crippen LogP contribution in [0.1, 0.15) is 150 Å². The highest BCUT2D eigenvalue weighted by Crippen LogP contribution is 2.44. The summed E-state index contributed by atoms with van der Waals surface area (Å²) in [6.07, 6.45) is 2.45. The van der Waals surface area contributed by atoms with Gasteiger partial charge in [-0.3, -0.25) is 0 Å². The van der Waals surface area contributed by atoms with Gasteiger partial charge in [0.15, 0.2) is 0 Å². The van der Waals surface area contributed by atoms with Crippen LogP contribution in [-0.4, -0.2) is 80.3 Å². The molecule has 1 aliphatic heterocycles. The van der Waals surface area contributed by atoms with E-state index in [4.69, 9.17) is 37.9 Å². The third kappa shape index (κ3) is 12.4. The smallest absolute Gasteiger partial charge is 0.126 e. The molecule has 6 rings (SSSR count). The third-order valence-corrected chi connectivity index (χ3v) is 12.4. The van der Waals surface area contributed by atoms with Gasteiger partial charge >= 0.3 is 0 Å². The van der Waals surface area contributed by atoms with Gasteiger partial charge in [-0.15, -0.1) is 0 Å². The van der Waals surface area contributed by atoms with Crippen LogP contribution in [0.15, 0.2) is 48.5 Å². The van der Waals surface area contributed by atoms with Crippen LogP contribution >= 0.6 is 0 Å². The van der Waals surface area contributed by atoms with Gasteiger partial charge in [-0.1, -0.05) is 132 Å². The minimum Gasteiger partial charge on any atom is -0.496 e. The summed E-state index contributed by atoms with van der Waals surface area (Å²) in [5, 5.41) is 0. The van der Waals surface area contributed by atoms with Gasteiger partial charge in [0, 0.05) is 25.7 Å². The molecule has 0 radical (unpaired) electrons. The lowest BCUT2D eigenvalue weighted by atomic mass is 9.79. The highest BCUT2D eigenvalue weighted by molar-refractivity contribution is 5.60. The van der Waals surface area contributed by atoms with Crippen LogP contribution in [-0.2, 0) is 66.3 Å². The van der Waals surface area contributed by atoms with Crippen molar-refractivity contribution in [2.45, 2.75) is 130 Å². The first kappa shape index (κ1) is 49.4. The Morgan fingerprint density at radius 2 is 0.516 bits per heavy atom. The van der Waals surface area contributed by atoms with Crippen LogP contribution in [0.5, 0.6) is 23.0 Å². The lowest BCUT2D eigenvalue weighted by Crippen LogP contribution is -2.18. The molecule has 0 atom stereocenters. The Morgan fingerprint density at radius 3 is 0.719 bits per heavy atom.